The van der Waals surface area contributed by atoms with Gasteiger partial charge in [-0.25, -0.2) is 0 Å². The van der Waals surface area contributed by atoms with Crippen LogP contribution in [0.15, 0.2) is 12.7 Å². The van der Waals surface area contributed by atoms with Crippen molar-refractivity contribution in [2.75, 3.05) is 0 Å². The Morgan fingerprint density at radius 2 is 1.76 bits per heavy atom. The molecule has 0 fully saturated rings. The Morgan fingerprint density at radius 1 is 1.18 bits per heavy atom. The number of unbranched alkanes of at least 4 members (excludes halogenated alkanes) is 3. The summed E-state index contributed by atoms with van der Waals surface area (Å²) in [5.41, 5.74) is 0. The summed E-state index contributed by atoms with van der Waals surface area (Å²) in [6.07, 6.45) is 8.60. The first-order chi connectivity index (χ1) is 7.74. The van der Waals surface area contributed by atoms with Crippen molar-refractivity contribution < 1.29 is 4.43 Å². The van der Waals surface area contributed by atoms with Crippen LogP contribution >= 0.6 is 0 Å². The van der Waals surface area contributed by atoms with Crippen LogP contribution in [-0.4, -0.2) is 14.4 Å². The highest BCUT2D eigenvalue weighted by molar-refractivity contribution is 6.74. The van der Waals surface area contributed by atoms with E-state index in [1.165, 1.54) is 25.7 Å². The normalized spacial score (nSPS) is 14.7. The van der Waals surface area contributed by atoms with Gasteiger partial charge in [-0.15, -0.1) is 6.58 Å². The number of hydrogen-bond acceptors (Lipinski definition) is 1. The van der Waals surface area contributed by atoms with E-state index in [-0.39, 0.29) is 11.1 Å². The van der Waals surface area contributed by atoms with Crippen molar-refractivity contribution in [3.05, 3.63) is 12.7 Å². The van der Waals surface area contributed by atoms with Crippen LogP contribution in [0.25, 0.3) is 0 Å². The molecule has 0 heterocycles. The van der Waals surface area contributed by atoms with Crippen molar-refractivity contribution in [1.29, 1.82) is 0 Å². The Kier molecular flexibility index (Phi) is 7.34. The average Bonchev–Trinajstić information content (AvgIpc) is 2.20. The largest absolute Gasteiger partial charge is 0.411 e. The van der Waals surface area contributed by atoms with Gasteiger partial charge in [0, 0.05) is 0 Å². The van der Waals surface area contributed by atoms with Gasteiger partial charge >= 0.3 is 0 Å². The second-order valence-electron chi connectivity index (χ2n) is 6.50. The first-order valence-corrected chi connectivity index (χ1v) is 9.96. The first-order valence-electron chi connectivity index (χ1n) is 7.05. The number of hydrogen-bond donors (Lipinski definition) is 0. The van der Waals surface area contributed by atoms with E-state index in [1.54, 1.807) is 0 Å². The fourth-order valence-electron chi connectivity index (χ4n) is 1.55. The van der Waals surface area contributed by atoms with E-state index < -0.39 is 8.32 Å². The van der Waals surface area contributed by atoms with Crippen LogP contribution in [0.1, 0.15) is 59.8 Å². The number of rotatable bonds is 8. The van der Waals surface area contributed by atoms with Gasteiger partial charge in [0.25, 0.3) is 0 Å². The average molecular weight is 257 g/mol. The molecule has 0 spiro atoms. The molecule has 2 heteroatoms. The molecule has 0 aliphatic carbocycles. The fourth-order valence-corrected chi connectivity index (χ4v) is 2.88. The molecule has 0 aromatic rings. The van der Waals surface area contributed by atoms with Gasteiger partial charge in [-0.1, -0.05) is 59.5 Å². The van der Waals surface area contributed by atoms with Crippen molar-refractivity contribution in [3.63, 3.8) is 0 Å². The highest BCUT2D eigenvalue weighted by Crippen LogP contribution is 2.37. The van der Waals surface area contributed by atoms with E-state index in [0.717, 1.165) is 6.42 Å². The van der Waals surface area contributed by atoms with Crippen LogP contribution in [0.4, 0.5) is 0 Å². The van der Waals surface area contributed by atoms with Crippen LogP contribution in [0, 0.1) is 0 Å². The summed E-state index contributed by atoms with van der Waals surface area (Å²) in [4.78, 5) is 0. The lowest BCUT2D eigenvalue weighted by molar-refractivity contribution is 0.211. The molecule has 0 radical (unpaired) electrons. The van der Waals surface area contributed by atoms with Crippen LogP contribution in [0.5, 0.6) is 0 Å². The van der Waals surface area contributed by atoms with Crippen molar-refractivity contribution >= 4 is 8.32 Å². The van der Waals surface area contributed by atoms with Gasteiger partial charge in [-0.05, 0) is 24.6 Å². The SMILES string of the molecule is C=C[C@H](CCCCCC)O[Si](C)(C)C(C)(C)C. The maximum atomic E-state index is 6.35. The van der Waals surface area contributed by atoms with Gasteiger partial charge in [0.05, 0.1) is 6.10 Å². The quantitative estimate of drug-likeness (QED) is 0.315. The standard InChI is InChI=1S/C15H32OSi/c1-8-10-11-12-13-14(9-2)16-17(6,7)15(3,4)5/h9,14H,2,8,10-13H2,1,3-7H3/t14-/m1/s1. The van der Waals surface area contributed by atoms with Gasteiger partial charge in [-0.3, -0.25) is 0 Å². The minimum Gasteiger partial charge on any atom is -0.411 e. The van der Waals surface area contributed by atoms with E-state index in [1.807, 2.05) is 6.08 Å². The Balaban J connectivity index is 4.17. The summed E-state index contributed by atoms with van der Waals surface area (Å²) in [5.74, 6) is 0. The molecule has 0 aliphatic heterocycles. The predicted octanol–water partition coefficient (Wildman–Crippen LogP) is 5.53. The molecule has 0 aliphatic rings. The third-order valence-corrected chi connectivity index (χ3v) is 8.36. The molecule has 0 rings (SSSR count). The summed E-state index contributed by atoms with van der Waals surface area (Å²) in [6.45, 7) is 17.7. The lowest BCUT2D eigenvalue weighted by atomic mass is 10.1. The molecule has 0 aromatic carbocycles. The minimum atomic E-state index is -1.63. The van der Waals surface area contributed by atoms with Crippen molar-refractivity contribution in [3.8, 4) is 0 Å². The van der Waals surface area contributed by atoms with Gasteiger partial charge in [0.2, 0.25) is 0 Å². The molecule has 0 saturated heterocycles. The summed E-state index contributed by atoms with van der Waals surface area (Å²) in [5, 5.41) is 0.289. The Morgan fingerprint density at radius 3 is 2.18 bits per heavy atom. The van der Waals surface area contributed by atoms with Gasteiger partial charge in [0.1, 0.15) is 0 Å². The molecular formula is C15H32OSi. The Labute approximate surface area is 110 Å². The highest BCUT2D eigenvalue weighted by Gasteiger charge is 2.38. The maximum absolute atomic E-state index is 6.35. The molecule has 1 atom stereocenters. The maximum Gasteiger partial charge on any atom is 0.192 e. The van der Waals surface area contributed by atoms with E-state index in [0.29, 0.717) is 0 Å². The van der Waals surface area contributed by atoms with E-state index >= 15 is 0 Å². The summed E-state index contributed by atoms with van der Waals surface area (Å²) in [6, 6.07) is 0. The van der Waals surface area contributed by atoms with Gasteiger partial charge in [0.15, 0.2) is 8.32 Å². The molecule has 0 saturated carbocycles. The molecule has 0 bridgehead atoms. The van der Waals surface area contributed by atoms with Crippen molar-refractivity contribution in [1.82, 2.24) is 0 Å². The van der Waals surface area contributed by atoms with Crippen LogP contribution in [0.3, 0.4) is 0 Å². The summed E-state index contributed by atoms with van der Waals surface area (Å²) in [7, 11) is -1.63. The summed E-state index contributed by atoms with van der Waals surface area (Å²) >= 11 is 0. The van der Waals surface area contributed by atoms with E-state index in [9.17, 15) is 0 Å². The summed E-state index contributed by atoms with van der Waals surface area (Å²) < 4.78 is 6.35. The fraction of sp³-hybridized carbons (Fsp3) is 0.867. The highest BCUT2D eigenvalue weighted by atomic mass is 28.4. The van der Waals surface area contributed by atoms with Crippen LogP contribution < -0.4 is 0 Å². The molecule has 0 unspecified atom stereocenters. The molecule has 0 N–H and O–H groups in total. The first kappa shape index (κ1) is 16.9. The minimum absolute atomic E-state index is 0.257. The van der Waals surface area contributed by atoms with Gasteiger partial charge in [-0.2, -0.15) is 0 Å². The van der Waals surface area contributed by atoms with Crippen LogP contribution in [0.2, 0.25) is 18.1 Å². The third-order valence-electron chi connectivity index (χ3n) is 3.86. The second kappa shape index (κ2) is 7.37. The Bertz CT molecular complexity index is 215. The van der Waals surface area contributed by atoms with E-state index in [2.05, 4.69) is 47.4 Å². The third kappa shape index (κ3) is 6.42. The second-order valence-corrected chi connectivity index (χ2v) is 11.3. The van der Waals surface area contributed by atoms with Crippen LogP contribution in [-0.2, 0) is 4.43 Å². The zero-order valence-electron chi connectivity index (χ0n) is 12.8. The molecular weight excluding hydrogens is 224 g/mol. The topological polar surface area (TPSA) is 9.23 Å². The zero-order valence-corrected chi connectivity index (χ0v) is 13.8. The molecule has 102 valence electrons. The lowest BCUT2D eigenvalue weighted by Crippen LogP contribution is -2.43. The van der Waals surface area contributed by atoms with Crippen molar-refractivity contribution in [2.24, 2.45) is 0 Å². The van der Waals surface area contributed by atoms with E-state index in [4.69, 9.17) is 4.43 Å². The zero-order chi connectivity index (χ0) is 13.5. The molecule has 0 aromatic heterocycles. The molecule has 1 nitrogen and oxygen atoms in total. The Hall–Kier alpha value is -0.0831. The smallest absolute Gasteiger partial charge is 0.192 e. The van der Waals surface area contributed by atoms with Crippen molar-refractivity contribution in [2.45, 2.75) is 84.0 Å². The monoisotopic (exact) mass is 256 g/mol. The predicted molar refractivity (Wildman–Crippen MR) is 81.0 cm³/mol. The molecule has 17 heavy (non-hydrogen) atoms. The lowest BCUT2D eigenvalue weighted by Gasteiger charge is -2.38. The van der Waals surface area contributed by atoms with Gasteiger partial charge < -0.3 is 4.43 Å². The molecule has 0 amide bonds.